The van der Waals surface area contributed by atoms with Gasteiger partial charge in [0.25, 0.3) is 0 Å². The molecule has 2 heterocycles. The number of aliphatic hydroxyl groups is 1. The molecule has 1 unspecified atom stereocenters. The Balaban J connectivity index is 1.77. The number of ether oxygens (including phenoxy) is 1. The molecule has 1 aromatic heterocycles. The van der Waals surface area contributed by atoms with Gasteiger partial charge in [-0.05, 0) is 77.6 Å². The van der Waals surface area contributed by atoms with Crippen molar-refractivity contribution in [1.29, 1.82) is 0 Å². The molecule has 4 rings (SSSR count). The summed E-state index contributed by atoms with van der Waals surface area (Å²) in [4.78, 5) is 0. The first kappa shape index (κ1) is 14.7. The maximum absolute atomic E-state index is 9.36. The lowest BCUT2D eigenvalue weighted by molar-refractivity contribution is -0.0366. The van der Waals surface area contributed by atoms with E-state index in [4.69, 9.17) is 4.74 Å². The van der Waals surface area contributed by atoms with Gasteiger partial charge >= 0.3 is 0 Å². The number of fused-ring (bicyclic) bond motifs is 1. The van der Waals surface area contributed by atoms with Crippen molar-refractivity contribution in [2.75, 3.05) is 13.2 Å². The van der Waals surface area contributed by atoms with E-state index in [1.165, 1.54) is 17.5 Å². The van der Waals surface area contributed by atoms with Crippen LogP contribution in [0.3, 0.4) is 0 Å². The van der Waals surface area contributed by atoms with E-state index >= 15 is 0 Å². The lowest BCUT2D eigenvalue weighted by atomic mass is 10.0. The normalized spacial score (nSPS) is 28.2. The van der Waals surface area contributed by atoms with E-state index in [2.05, 4.69) is 34.0 Å². The summed E-state index contributed by atoms with van der Waals surface area (Å²) < 4.78 is 9.06. The molecule has 4 nitrogen and oxygen atoms in total. The first-order valence-electron chi connectivity index (χ1n) is 8.09. The summed E-state index contributed by atoms with van der Waals surface area (Å²) in [5.74, 6) is 0.905. The Bertz CT molecular complexity index is 706. The molecule has 0 spiro atoms. The molecule has 2 aromatic rings. The lowest BCUT2D eigenvalue weighted by Crippen LogP contribution is -2.19. The van der Waals surface area contributed by atoms with Crippen LogP contribution in [0.1, 0.15) is 49.0 Å². The molecule has 1 aliphatic carbocycles. The lowest BCUT2D eigenvalue weighted by Gasteiger charge is -2.23. The predicted octanol–water partition coefficient (Wildman–Crippen LogP) is 3.90. The molecule has 2 aliphatic rings. The van der Waals surface area contributed by atoms with Gasteiger partial charge in [-0.25, -0.2) is 4.68 Å². The van der Waals surface area contributed by atoms with Crippen molar-refractivity contribution in [2.24, 2.45) is 5.92 Å². The number of hydrogen-bond acceptors (Lipinski definition) is 3. The molecule has 3 atom stereocenters. The van der Waals surface area contributed by atoms with Crippen molar-refractivity contribution in [1.82, 2.24) is 9.78 Å². The van der Waals surface area contributed by atoms with E-state index in [0.717, 1.165) is 41.2 Å². The van der Waals surface area contributed by atoms with Crippen molar-refractivity contribution in [3.63, 3.8) is 0 Å². The highest BCUT2D eigenvalue weighted by atomic mass is 79.9. The third-order valence-corrected chi connectivity index (χ3v) is 5.90. The maximum Gasteiger partial charge on any atom is 0.150 e. The summed E-state index contributed by atoms with van der Waals surface area (Å²) in [5, 5.41) is 15.1. The Morgan fingerprint density at radius 3 is 3.00 bits per heavy atom. The Morgan fingerprint density at radius 2 is 2.32 bits per heavy atom. The summed E-state index contributed by atoms with van der Waals surface area (Å²) in [6.45, 7) is 3.26. The van der Waals surface area contributed by atoms with E-state index in [1.54, 1.807) is 0 Å². The molecule has 0 radical (unpaired) electrons. The average molecular weight is 365 g/mol. The largest absolute Gasteiger partial charge is 0.396 e. The Kier molecular flexibility index (Phi) is 3.75. The van der Waals surface area contributed by atoms with Gasteiger partial charge < -0.3 is 9.84 Å². The minimum Gasteiger partial charge on any atom is -0.396 e. The molecule has 5 heteroatoms. The van der Waals surface area contributed by atoms with E-state index < -0.39 is 0 Å². The summed E-state index contributed by atoms with van der Waals surface area (Å²) in [6, 6.07) is 2.23. The standard InChI is InChI=1S/C17H21BrN2O2/c1-10-6-14-13(17(18)16(10)12-7-11(12)9-21)8-19-20(14)15-4-2-3-5-22-15/h6,8,11-12,15,21H,2-5,7,9H2,1H3/t11-,12-,15?/m0/s1. The van der Waals surface area contributed by atoms with Gasteiger partial charge in [0, 0.05) is 23.1 Å². The van der Waals surface area contributed by atoms with Crippen LogP contribution in [0.2, 0.25) is 0 Å². The van der Waals surface area contributed by atoms with Crippen LogP contribution < -0.4 is 0 Å². The number of benzene rings is 1. The van der Waals surface area contributed by atoms with E-state index in [9.17, 15) is 5.11 Å². The molecule has 1 N–H and O–H groups in total. The van der Waals surface area contributed by atoms with Gasteiger partial charge in [0.2, 0.25) is 0 Å². The van der Waals surface area contributed by atoms with E-state index in [1.807, 2.05) is 10.9 Å². The molecule has 2 fully saturated rings. The van der Waals surface area contributed by atoms with E-state index in [-0.39, 0.29) is 12.8 Å². The third kappa shape index (κ3) is 2.30. The number of aromatic nitrogens is 2. The molecule has 1 aromatic carbocycles. The van der Waals surface area contributed by atoms with Crippen LogP contribution in [0.5, 0.6) is 0 Å². The Morgan fingerprint density at radius 1 is 1.45 bits per heavy atom. The highest BCUT2D eigenvalue weighted by molar-refractivity contribution is 9.10. The van der Waals surface area contributed by atoms with Gasteiger partial charge in [-0.1, -0.05) is 0 Å². The third-order valence-electron chi connectivity index (χ3n) is 5.04. The van der Waals surface area contributed by atoms with Crippen LogP contribution in [-0.4, -0.2) is 28.1 Å². The molecule has 118 valence electrons. The number of halogens is 1. The molecule has 1 aliphatic heterocycles. The van der Waals surface area contributed by atoms with Crippen LogP contribution in [0.25, 0.3) is 10.9 Å². The first-order valence-corrected chi connectivity index (χ1v) is 8.88. The zero-order valence-electron chi connectivity index (χ0n) is 12.8. The Labute approximate surface area is 138 Å². The fourth-order valence-corrected chi connectivity index (χ4v) is 4.60. The second-order valence-electron chi connectivity index (χ2n) is 6.55. The molecule has 0 bridgehead atoms. The number of aliphatic hydroxyl groups excluding tert-OH is 1. The SMILES string of the molecule is Cc1cc2c(cnn2C2CCCCO2)c(Br)c1[C@H]1C[C@H]1CO. The van der Waals surface area contributed by atoms with Gasteiger partial charge in [0.05, 0.1) is 11.7 Å². The van der Waals surface area contributed by atoms with Crippen molar-refractivity contribution < 1.29 is 9.84 Å². The monoisotopic (exact) mass is 364 g/mol. The van der Waals surface area contributed by atoms with Gasteiger partial charge in [0.15, 0.2) is 6.23 Å². The summed E-state index contributed by atoms with van der Waals surface area (Å²) in [7, 11) is 0. The van der Waals surface area contributed by atoms with Crippen LogP contribution in [0, 0.1) is 12.8 Å². The van der Waals surface area contributed by atoms with Gasteiger partial charge in [-0.15, -0.1) is 0 Å². The number of hydrogen-bond donors (Lipinski definition) is 1. The van der Waals surface area contributed by atoms with Crippen LogP contribution >= 0.6 is 15.9 Å². The molecule has 1 saturated heterocycles. The summed E-state index contributed by atoms with van der Waals surface area (Å²) in [6.07, 6.45) is 6.47. The zero-order chi connectivity index (χ0) is 15.3. The predicted molar refractivity (Wildman–Crippen MR) is 88.9 cm³/mol. The average Bonchev–Trinajstić information content (AvgIpc) is 3.18. The minimum absolute atomic E-state index is 0.0644. The minimum atomic E-state index is 0.0644. The number of aryl methyl sites for hydroxylation is 1. The fourth-order valence-electron chi connectivity index (χ4n) is 3.69. The van der Waals surface area contributed by atoms with Crippen molar-refractivity contribution in [3.05, 3.63) is 27.9 Å². The van der Waals surface area contributed by atoms with Crippen molar-refractivity contribution >= 4 is 26.8 Å². The topological polar surface area (TPSA) is 47.3 Å². The van der Waals surface area contributed by atoms with Crippen LogP contribution in [0.4, 0.5) is 0 Å². The van der Waals surface area contributed by atoms with Gasteiger partial charge in [0.1, 0.15) is 0 Å². The highest BCUT2D eigenvalue weighted by Crippen LogP contribution is 2.51. The maximum atomic E-state index is 9.36. The smallest absolute Gasteiger partial charge is 0.150 e. The van der Waals surface area contributed by atoms with E-state index in [0.29, 0.717) is 11.8 Å². The summed E-state index contributed by atoms with van der Waals surface area (Å²) in [5.41, 5.74) is 3.76. The first-order chi connectivity index (χ1) is 10.7. The van der Waals surface area contributed by atoms with Gasteiger partial charge in [-0.2, -0.15) is 5.10 Å². The van der Waals surface area contributed by atoms with Gasteiger partial charge in [-0.3, -0.25) is 0 Å². The molecule has 1 saturated carbocycles. The highest BCUT2D eigenvalue weighted by Gasteiger charge is 2.40. The zero-order valence-corrected chi connectivity index (χ0v) is 14.3. The second kappa shape index (κ2) is 5.62. The fraction of sp³-hybridized carbons (Fsp3) is 0.588. The quantitative estimate of drug-likeness (QED) is 0.898. The number of rotatable bonds is 3. The summed E-state index contributed by atoms with van der Waals surface area (Å²) >= 11 is 3.79. The van der Waals surface area contributed by atoms with Crippen molar-refractivity contribution in [3.8, 4) is 0 Å². The second-order valence-corrected chi connectivity index (χ2v) is 7.34. The molecular weight excluding hydrogens is 344 g/mol. The molecule has 22 heavy (non-hydrogen) atoms. The molecule has 0 amide bonds. The molecular formula is C17H21BrN2O2. The van der Waals surface area contributed by atoms with Crippen molar-refractivity contribution in [2.45, 2.75) is 44.8 Å². The van der Waals surface area contributed by atoms with Crippen LogP contribution in [0.15, 0.2) is 16.7 Å². The Hall–Kier alpha value is -0.910. The van der Waals surface area contributed by atoms with Crippen LogP contribution in [-0.2, 0) is 4.74 Å². The number of nitrogens with zero attached hydrogens (tertiary/aromatic N) is 2.